The van der Waals surface area contributed by atoms with Crippen LogP contribution in [0.3, 0.4) is 0 Å². The van der Waals surface area contributed by atoms with Gasteiger partial charge in [0.2, 0.25) is 0 Å². The van der Waals surface area contributed by atoms with Crippen molar-refractivity contribution in [2.75, 3.05) is 44.8 Å². The molecule has 30 heavy (non-hydrogen) atoms. The summed E-state index contributed by atoms with van der Waals surface area (Å²) in [5.41, 5.74) is 5.93. The second kappa shape index (κ2) is 10.2. The number of esters is 1. The van der Waals surface area contributed by atoms with Crippen LogP contribution in [-0.4, -0.2) is 61.2 Å². The number of rotatable bonds is 7. The number of nitrogens with one attached hydrogen (secondary N) is 1. The molecule has 0 aliphatic carbocycles. The number of nitrogens with two attached hydrogens (primary N) is 1. The van der Waals surface area contributed by atoms with Gasteiger partial charge in [-0.05, 0) is 18.2 Å². The standard InChI is InChI=1S/C19H20F2N4O4S/c20-13-2-1-12(9-14(13)21)15(22)10-17(26)24-19-23-16(11-30-19)18(27)29-8-5-25-3-6-28-7-4-25/h1-2,9-11H,3-8,22H2,(H,23,24,26). The molecule has 2 heterocycles. The number of aromatic nitrogens is 1. The van der Waals surface area contributed by atoms with Crippen LogP contribution in [-0.2, 0) is 14.3 Å². The van der Waals surface area contributed by atoms with E-state index in [0.29, 0.717) is 19.8 Å². The van der Waals surface area contributed by atoms with Gasteiger partial charge < -0.3 is 15.2 Å². The Bertz CT molecular complexity index is 944. The molecule has 1 aliphatic rings. The average Bonchev–Trinajstić information content (AvgIpc) is 3.19. The topological polar surface area (TPSA) is 107 Å². The molecule has 1 aromatic carbocycles. The molecule has 1 aliphatic heterocycles. The predicted molar refractivity (Wildman–Crippen MR) is 107 cm³/mol. The summed E-state index contributed by atoms with van der Waals surface area (Å²) in [4.78, 5) is 30.3. The highest BCUT2D eigenvalue weighted by Crippen LogP contribution is 2.17. The Morgan fingerprint density at radius 3 is 2.80 bits per heavy atom. The molecule has 11 heteroatoms. The van der Waals surface area contributed by atoms with Gasteiger partial charge in [-0.15, -0.1) is 11.3 Å². The highest BCUT2D eigenvalue weighted by Gasteiger charge is 2.15. The maximum Gasteiger partial charge on any atom is 0.357 e. The van der Waals surface area contributed by atoms with Crippen LogP contribution in [0.15, 0.2) is 29.7 Å². The van der Waals surface area contributed by atoms with Crippen molar-refractivity contribution in [3.63, 3.8) is 0 Å². The van der Waals surface area contributed by atoms with Crippen LogP contribution in [0.4, 0.5) is 13.9 Å². The quantitative estimate of drug-likeness (QED) is 0.502. The molecule has 0 saturated carbocycles. The van der Waals surface area contributed by atoms with Gasteiger partial charge in [-0.1, -0.05) is 0 Å². The largest absolute Gasteiger partial charge is 0.460 e. The van der Waals surface area contributed by atoms with Gasteiger partial charge in [0, 0.05) is 42.4 Å². The number of hydrogen-bond acceptors (Lipinski definition) is 8. The molecule has 0 atom stereocenters. The highest BCUT2D eigenvalue weighted by atomic mass is 32.1. The zero-order valence-electron chi connectivity index (χ0n) is 15.9. The Kier molecular flexibility index (Phi) is 7.44. The fourth-order valence-corrected chi connectivity index (χ4v) is 3.32. The van der Waals surface area contributed by atoms with Gasteiger partial charge in [0.05, 0.1) is 13.2 Å². The first-order valence-electron chi connectivity index (χ1n) is 9.08. The first-order valence-corrected chi connectivity index (χ1v) is 9.96. The van der Waals surface area contributed by atoms with Gasteiger partial charge in [0.1, 0.15) is 6.61 Å². The summed E-state index contributed by atoms with van der Waals surface area (Å²) in [6, 6.07) is 3.07. The molecule has 1 saturated heterocycles. The van der Waals surface area contributed by atoms with Crippen LogP contribution in [0.25, 0.3) is 5.70 Å². The van der Waals surface area contributed by atoms with E-state index in [2.05, 4.69) is 15.2 Å². The Hall–Kier alpha value is -2.89. The normalized spacial score (nSPS) is 15.1. The lowest BCUT2D eigenvalue weighted by molar-refractivity contribution is -0.111. The Balaban J connectivity index is 1.50. The number of nitrogens with zero attached hydrogens (tertiary/aromatic N) is 2. The molecule has 0 radical (unpaired) electrons. The molecule has 2 aromatic rings. The van der Waals surface area contributed by atoms with Crippen LogP contribution in [0, 0.1) is 11.6 Å². The number of benzene rings is 1. The monoisotopic (exact) mass is 438 g/mol. The van der Waals surface area contributed by atoms with E-state index in [9.17, 15) is 18.4 Å². The summed E-state index contributed by atoms with van der Waals surface area (Å²) >= 11 is 1.04. The molecular formula is C19H20F2N4O4S. The van der Waals surface area contributed by atoms with Crippen LogP contribution in [0.5, 0.6) is 0 Å². The minimum atomic E-state index is -1.07. The van der Waals surface area contributed by atoms with E-state index in [-0.39, 0.29) is 28.7 Å². The van der Waals surface area contributed by atoms with E-state index in [1.54, 1.807) is 0 Å². The number of halogens is 2. The number of ether oxygens (including phenoxy) is 2. The number of amides is 1. The lowest BCUT2D eigenvalue weighted by atomic mass is 10.1. The number of hydrogen-bond donors (Lipinski definition) is 2. The van der Waals surface area contributed by atoms with Crippen LogP contribution in [0.1, 0.15) is 16.1 Å². The van der Waals surface area contributed by atoms with E-state index in [1.165, 1.54) is 11.4 Å². The van der Waals surface area contributed by atoms with Crippen molar-refractivity contribution >= 4 is 34.0 Å². The molecule has 1 fully saturated rings. The second-order valence-corrected chi connectivity index (χ2v) is 7.20. The van der Waals surface area contributed by atoms with E-state index < -0.39 is 23.5 Å². The summed E-state index contributed by atoms with van der Waals surface area (Å²) in [5, 5.41) is 4.11. The third-order valence-corrected chi connectivity index (χ3v) is 4.99. The van der Waals surface area contributed by atoms with E-state index in [4.69, 9.17) is 15.2 Å². The first kappa shape index (κ1) is 21.8. The van der Waals surface area contributed by atoms with Gasteiger partial charge in [-0.3, -0.25) is 15.0 Å². The molecule has 3 N–H and O–H groups in total. The maximum absolute atomic E-state index is 13.3. The third kappa shape index (κ3) is 6.05. The SMILES string of the molecule is NC(=CC(=O)Nc1nc(C(=O)OCCN2CCOCC2)cs1)c1ccc(F)c(F)c1. The van der Waals surface area contributed by atoms with Crippen molar-refractivity contribution in [1.29, 1.82) is 0 Å². The number of morpholine rings is 1. The Morgan fingerprint density at radius 2 is 2.07 bits per heavy atom. The highest BCUT2D eigenvalue weighted by molar-refractivity contribution is 7.14. The third-order valence-electron chi connectivity index (χ3n) is 4.23. The molecule has 160 valence electrons. The van der Waals surface area contributed by atoms with Gasteiger partial charge in [-0.2, -0.15) is 0 Å². The number of carbonyl (C=O) groups is 2. The fraction of sp³-hybridized carbons (Fsp3) is 0.316. The van der Waals surface area contributed by atoms with Crippen LogP contribution >= 0.6 is 11.3 Å². The summed E-state index contributed by atoms with van der Waals surface area (Å²) < 4.78 is 36.7. The van der Waals surface area contributed by atoms with Gasteiger partial charge >= 0.3 is 5.97 Å². The lowest BCUT2D eigenvalue weighted by Gasteiger charge is -2.26. The Labute approximate surface area is 175 Å². The molecule has 0 unspecified atom stereocenters. The summed E-state index contributed by atoms with van der Waals surface area (Å²) in [6.07, 6.45) is 1.02. The minimum Gasteiger partial charge on any atom is -0.460 e. The molecule has 0 spiro atoms. The van der Waals surface area contributed by atoms with E-state index in [0.717, 1.165) is 42.6 Å². The summed E-state index contributed by atoms with van der Waals surface area (Å²) in [7, 11) is 0. The van der Waals surface area contributed by atoms with Gasteiger partial charge in [0.15, 0.2) is 22.5 Å². The molecule has 1 aromatic heterocycles. The van der Waals surface area contributed by atoms with Crippen molar-refractivity contribution in [1.82, 2.24) is 9.88 Å². The molecule has 0 bridgehead atoms. The summed E-state index contributed by atoms with van der Waals surface area (Å²) in [6.45, 7) is 3.76. The fourth-order valence-electron chi connectivity index (χ4n) is 2.63. The lowest BCUT2D eigenvalue weighted by Crippen LogP contribution is -2.38. The number of anilines is 1. The van der Waals surface area contributed by atoms with Crippen molar-refractivity contribution < 1.29 is 27.8 Å². The van der Waals surface area contributed by atoms with Gasteiger partial charge in [-0.25, -0.2) is 18.6 Å². The molecule has 3 rings (SSSR count). The zero-order chi connectivity index (χ0) is 21.5. The van der Waals surface area contributed by atoms with Crippen molar-refractivity contribution in [3.8, 4) is 0 Å². The van der Waals surface area contributed by atoms with Crippen LogP contribution in [0.2, 0.25) is 0 Å². The smallest absolute Gasteiger partial charge is 0.357 e. The maximum atomic E-state index is 13.3. The zero-order valence-corrected chi connectivity index (χ0v) is 16.7. The predicted octanol–water partition coefficient (Wildman–Crippen LogP) is 1.85. The van der Waals surface area contributed by atoms with Crippen LogP contribution < -0.4 is 11.1 Å². The summed E-state index contributed by atoms with van der Waals surface area (Å²) in [5.74, 6) is -3.29. The molecular weight excluding hydrogens is 418 g/mol. The number of carbonyl (C=O) groups excluding carboxylic acids is 2. The van der Waals surface area contributed by atoms with Crippen molar-refractivity contribution in [3.05, 3.63) is 52.5 Å². The molecule has 8 nitrogen and oxygen atoms in total. The van der Waals surface area contributed by atoms with E-state index >= 15 is 0 Å². The number of thiazole rings is 1. The second-order valence-electron chi connectivity index (χ2n) is 6.35. The van der Waals surface area contributed by atoms with Gasteiger partial charge in [0.25, 0.3) is 5.91 Å². The first-order chi connectivity index (χ1) is 14.4. The van der Waals surface area contributed by atoms with Crippen molar-refractivity contribution in [2.45, 2.75) is 0 Å². The Morgan fingerprint density at radius 1 is 1.30 bits per heavy atom. The molecule has 1 amide bonds. The average molecular weight is 438 g/mol. The van der Waals surface area contributed by atoms with Crippen molar-refractivity contribution in [2.24, 2.45) is 5.73 Å². The minimum absolute atomic E-state index is 0.0503. The van der Waals surface area contributed by atoms with E-state index in [1.807, 2.05) is 0 Å².